The number of aromatic nitrogens is 4. The summed E-state index contributed by atoms with van der Waals surface area (Å²) >= 11 is 6.10. The number of hydrogen-bond donors (Lipinski definition) is 1. The molecule has 2 heterocycles. The normalized spacial score (nSPS) is 10.4. The minimum Gasteiger partial charge on any atom is -0.387 e. The average Bonchev–Trinajstić information content (AvgIpc) is 2.94. The maximum absolute atomic E-state index is 11.8. The number of anilines is 1. The Kier molecular flexibility index (Phi) is 4.16. The van der Waals surface area contributed by atoms with Crippen LogP contribution >= 0.6 is 11.6 Å². The molecule has 8 nitrogen and oxygen atoms in total. The molecule has 2 aromatic rings. The molecule has 0 bridgehead atoms. The van der Waals surface area contributed by atoms with E-state index in [1.165, 1.54) is 25.2 Å². The summed E-state index contributed by atoms with van der Waals surface area (Å²) in [6.07, 6.45) is 2.91. The van der Waals surface area contributed by atoms with Gasteiger partial charge in [-0.15, -0.1) is 9.90 Å². The number of nitrogens with one attached hydrogen (secondary N) is 1. The fourth-order valence-electron chi connectivity index (χ4n) is 1.42. The Balaban J connectivity index is 2.31. The lowest BCUT2D eigenvalue weighted by atomic mass is 10.4. The van der Waals surface area contributed by atoms with Gasteiger partial charge in [-0.1, -0.05) is 11.6 Å². The number of halogens is 1. The van der Waals surface area contributed by atoms with Crippen LogP contribution in [0.1, 0.15) is 10.5 Å². The second-order valence-corrected chi connectivity index (χ2v) is 4.19. The molecule has 0 saturated carbocycles. The van der Waals surface area contributed by atoms with Crippen molar-refractivity contribution < 1.29 is 9.63 Å². The summed E-state index contributed by atoms with van der Waals surface area (Å²) in [5, 5.41) is 12.3. The molecule has 2 aromatic heterocycles. The van der Waals surface area contributed by atoms with Crippen molar-refractivity contribution in [1.82, 2.24) is 25.0 Å². The topological polar surface area (TPSA) is 85.2 Å². The fraction of sp³-hybridized carbons (Fsp3) is 0.273. The van der Waals surface area contributed by atoms with E-state index in [0.717, 1.165) is 10.8 Å². The Morgan fingerprint density at radius 2 is 2.25 bits per heavy atom. The minimum atomic E-state index is -0.415. The van der Waals surface area contributed by atoms with Crippen LogP contribution in [-0.4, -0.2) is 52.2 Å². The quantitative estimate of drug-likeness (QED) is 0.847. The summed E-state index contributed by atoms with van der Waals surface area (Å²) in [7, 11) is 4.63. The highest BCUT2D eigenvalue weighted by Crippen LogP contribution is 2.20. The Bertz CT molecular complexity index is 629. The molecule has 0 aromatic carbocycles. The summed E-state index contributed by atoms with van der Waals surface area (Å²) < 4.78 is 0. The molecule has 20 heavy (non-hydrogen) atoms. The first-order valence-corrected chi connectivity index (χ1v) is 6.02. The molecule has 9 heteroatoms. The number of hydroxylamine groups is 2. The summed E-state index contributed by atoms with van der Waals surface area (Å²) in [5.41, 5.74) is 0.895. The molecule has 0 unspecified atom stereocenters. The lowest BCUT2D eigenvalue weighted by molar-refractivity contribution is -0.0760. The molecule has 0 atom stereocenters. The maximum atomic E-state index is 11.8. The number of amides is 1. The Morgan fingerprint density at radius 1 is 1.50 bits per heavy atom. The van der Waals surface area contributed by atoms with Crippen molar-refractivity contribution in [2.24, 2.45) is 0 Å². The standard InChI is InChI=1S/C11H13ClN6O2/c1-13-7-4-8(12)10(14-5-7)18-15-6-9(16-18)11(19)17(2)20-3/h4-6,13H,1-3H3. The Morgan fingerprint density at radius 3 is 2.85 bits per heavy atom. The van der Waals surface area contributed by atoms with Gasteiger partial charge in [0.25, 0.3) is 5.91 Å². The molecular weight excluding hydrogens is 284 g/mol. The highest BCUT2D eigenvalue weighted by Gasteiger charge is 2.17. The van der Waals surface area contributed by atoms with Gasteiger partial charge in [-0.2, -0.15) is 5.10 Å². The second-order valence-electron chi connectivity index (χ2n) is 3.78. The predicted molar refractivity (Wildman–Crippen MR) is 72.8 cm³/mol. The Labute approximate surface area is 120 Å². The van der Waals surface area contributed by atoms with Crippen LogP contribution in [0.4, 0.5) is 5.69 Å². The summed E-state index contributed by atoms with van der Waals surface area (Å²) in [6, 6.07) is 1.69. The van der Waals surface area contributed by atoms with Crippen LogP contribution in [0.25, 0.3) is 5.82 Å². The molecule has 0 aliphatic carbocycles. The van der Waals surface area contributed by atoms with Crippen LogP contribution in [0, 0.1) is 0 Å². The van der Waals surface area contributed by atoms with Crippen LogP contribution in [-0.2, 0) is 4.84 Å². The van der Waals surface area contributed by atoms with E-state index in [9.17, 15) is 4.79 Å². The van der Waals surface area contributed by atoms with E-state index in [2.05, 4.69) is 20.5 Å². The molecule has 0 spiro atoms. The third kappa shape index (κ3) is 2.70. The zero-order valence-corrected chi connectivity index (χ0v) is 11.9. The van der Waals surface area contributed by atoms with E-state index < -0.39 is 5.91 Å². The van der Waals surface area contributed by atoms with E-state index in [-0.39, 0.29) is 5.69 Å². The third-order valence-electron chi connectivity index (χ3n) is 2.57. The smallest absolute Gasteiger partial charge is 0.299 e. The summed E-state index contributed by atoms with van der Waals surface area (Å²) in [5.74, 6) is -0.0773. The van der Waals surface area contributed by atoms with Gasteiger partial charge >= 0.3 is 0 Å². The van der Waals surface area contributed by atoms with E-state index in [1.54, 1.807) is 19.3 Å². The monoisotopic (exact) mass is 296 g/mol. The highest BCUT2D eigenvalue weighted by atomic mass is 35.5. The molecule has 0 aliphatic rings. The minimum absolute atomic E-state index is 0.130. The lowest BCUT2D eigenvalue weighted by Gasteiger charge is -2.10. The van der Waals surface area contributed by atoms with Gasteiger partial charge in [-0.3, -0.25) is 9.63 Å². The van der Waals surface area contributed by atoms with Crippen LogP contribution in [0.2, 0.25) is 5.02 Å². The van der Waals surface area contributed by atoms with Crippen molar-refractivity contribution in [2.45, 2.75) is 0 Å². The zero-order valence-electron chi connectivity index (χ0n) is 11.2. The van der Waals surface area contributed by atoms with Gasteiger partial charge in [-0.05, 0) is 6.07 Å². The zero-order chi connectivity index (χ0) is 14.7. The van der Waals surface area contributed by atoms with E-state index in [1.807, 2.05) is 0 Å². The molecule has 0 saturated heterocycles. The van der Waals surface area contributed by atoms with Crippen molar-refractivity contribution in [1.29, 1.82) is 0 Å². The molecule has 0 fully saturated rings. The van der Waals surface area contributed by atoms with Gasteiger partial charge < -0.3 is 5.32 Å². The van der Waals surface area contributed by atoms with E-state index in [0.29, 0.717) is 10.8 Å². The van der Waals surface area contributed by atoms with Crippen molar-refractivity contribution in [3.05, 3.63) is 29.2 Å². The molecule has 106 valence electrons. The number of hydrogen-bond acceptors (Lipinski definition) is 6. The highest BCUT2D eigenvalue weighted by molar-refractivity contribution is 6.32. The number of carbonyl (C=O) groups is 1. The van der Waals surface area contributed by atoms with Crippen LogP contribution in [0.3, 0.4) is 0 Å². The van der Waals surface area contributed by atoms with Crippen molar-refractivity contribution in [2.75, 3.05) is 26.5 Å². The first-order valence-electron chi connectivity index (χ1n) is 5.65. The van der Waals surface area contributed by atoms with Gasteiger partial charge in [0.2, 0.25) is 0 Å². The van der Waals surface area contributed by atoms with Gasteiger partial charge in [0, 0.05) is 14.1 Å². The second kappa shape index (κ2) is 5.85. The predicted octanol–water partition coefficient (Wildman–Crippen LogP) is 0.991. The summed E-state index contributed by atoms with van der Waals surface area (Å²) in [4.78, 5) is 22.0. The molecule has 1 amide bonds. The van der Waals surface area contributed by atoms with E-state index >= 15 is 0 Å². The third-order valence-corrected chi connectivity index (χ3v) is 2.85. The van der Waals surface area contributed by atoms with Gasteiger partial charge in [0.05, 0.1) is 30.2 Å². The molecule has 0 aliphatic heterocycles. The Hall–Kier alpha value is -2.19. The molecule has 0 radical (unpaired) electrons. The largest absolute Gasteiger partial charge is 0.387 e. The first-order chi connectivity index (χ1) is 9.56. The number of nitrogens with zero attached hydrogens (tertiary/aromatic N) is 5. The fourth-order valence-corrected chi connectivity index (χ4v) is 1.66. The van der Waals surface area contributed by atoms with Crippen molar-refractivity contribution >= 4 is 23.2 Å². The first kappa shape index (κ1) is 14.2. The maximum Gasteiger partial charge on any atom is 0.299 e. The van der Waals surface area contributed by atoms with Crippen LogP contribution in [0.5, 0.6) is 0 Å². The molecular formula is C11H13ClN6O2. The van der Waals surface area contributed by atoms with Gasteiger partial charge in [0.15, 0.2) is 11.5 Å². The molecule has 1 N–H and O–H groups in total. The number of pyridine rings is 1. The lowest BCUT2D eigenvalue weighted by Crippen LogP contribution is -2.25. The molecule has 2 rings (SSSR count). The van der Waals surface area contributed by atoms with Crippen LogP contribution in [0.15, 0.2) is 18.5 Å². The average molecular weight is 297 g/mol. The van der Waals surface area contributed by atoms with Crippen molar-refractivity contribution in [3.8, 4) is 5.82 Å². The number of rotatable bonds is 4. The van der Waals surface area contributed by atoms with Crippen LogP contribution < -0.4 is 5.32 Å². The summed E-state index contributed by atoms with van der Waals surface area (Å²) in [6.45, 7) is 0. The SMILES string of the molecule is CNc1cnc(-n2ncc(C(=O)N(C)OC)n2)c(Cl)c1. The number of carbonyl (C=O) groups excluding carboxylic acids is 1. The van der Waals surface area contributed by atoms with Gasteiger partial charge in [0.1, 0.15) is 0 Å². The van der Waals surface area contributed by atoms with Gasteiger partial charge in [-0.25, -0.2) is 10.0 Å². The van der Waals surface area contributed by atoms with Crippen molar-refractivity contribution in [3.63, 3.8) is 0 Å². The van der Waals surface area contributed by atoms with E-state index in [4.69, 9.17) is 16.4 Å².